The second kappa shape index (κ2) is 6.31. The van der Waals surface area contributed by atoms with Crippen molar-refractivity contribution in [2.24, 2.45) is 0 Å². The van der Waals surface area contributed by atoms with Gasteiger partial charge in [0, 0.05) is 32.1 Å². The number of methoxy groups -OCH3 is 1. The number of imide groups is 1. The number of nitrogens with zero attached hydrogens (tertiary/aromatic N) is 3. The normalized spacial score (nSPS) is 16.5. The molecule has 6 heteroatoms. The van der Waals surface area contributed by atoms with Crippen LogP contribution in [0.3, 0.4) is 0 Å². The van der Waals surface area contributed by atoms with Crippen LogP contribution in [0.1, 0.15) is 22.7 Å². The van der Waals surface area contributed by atoms with Crippen LogP contribution in [0.4, 0.5) is 4.79 Å². The van der Waals surface area contributed by atoms with E-state index in [2.05, 4.69) is 4.98 Å². The van der Waals surface area contributed by atoms with Gasteiger partial charge in [0.25, 0.3) is 0 Å². The lowest BCUT2D eigenvalue weighted by Crippen LogP contribution is -2.49. The van der Waals surface area contributed by atoms with E-state index in [1.54, 1.807) is 39.7 Å². The Morgan fingerprint density at radius 1 is 1.29 bits per heavy atom. The molecule has 2 heterocycles. The third-order valence-electron chi connectivity index (χ3n) is 4.11. The first-order valence-electron chi connectivity index (χ1n) is 7.63. The average Bonchev–Trinajstić information content (AvgIpc) is 2.60. The van der Waals surface area contributed by atoms with E-state index in [9.17, 15) is 9.59 Å². The number of pyridine rings is 1. The smallest absolute Gasteiger partial charge is 0.327 e. The van der Waals surface area contributed by atoms with E-state index in [1.807, 2.05) is 24.3 Å². The molecule has 1 aliphatic rings. The third kappa shape index (κ3) is 2.60. The van der Waals surface area contributed by atoms with E-state index < -0.39 is 6.04 Å². The molecule has 1 aromatic carbocycles. The van der Waals surface area contributed by atoms with Gasteiger partial charge in [-0.3, -0.25) is 14.7 Å². The number of hydrogen-bond donors (Lipinski definition) is 0. The lowest BCUT2D eigenvalue weighted by molar-refractivity contribution is -0.130. The number of ether oxygens (including phenoxy) is 1. The highest BCUT2D eigenvalue weighted by Crippen LogP contribution is 2.41. The van der Waals surface area contributed by atoms with Gasteiger partial charge in [-0.05, 0) is 23.3 Å². The van der Waals surface area contributed by atoms with E-state index in [4.69, 9.17) is 4.74 Å². The fourth-order valence-corrected chi connectivity index (χ4v) is 3.04. The Bertz CT molecular complexity index is 774. The molecule has 0 radical (unpaired) electrons. The maximum Gasteiger partial charge on any atom is 0.327 e. The van der Waals surface area contributed by atoms with Gasteiger partial charge in [0.15, 0.2) is 0 Å². The van der Waals surface area contributed by atoms with Crippen molar-refractivity contribution in [1.29, 1.82) is 0 Å². The number of urea groups is 1. The van der Waals surface area contributed by atoms with Crippen LogP contribution >= 0.6 is 0 Å². The summed E-state index contributed by atoms with van der Waals surface area (Å²) in [5.74, 6) is 0.425. The first kappa shape index (κ1) is 16.0. The van der Waals surface area contributed by atoms with Crippen LogP contribution in [0.2, 0.25) is 0 Å². The fourth-order valence-electron chi connectivity index (χ4n) is 3.04. The van der Waals surface area contributed by atoms with Gasteiger partial charge in [0.1, 0.15) is 5.75 Å². The molecule has 0 bridgehead atoms. The summed E-state index contributed by atoms with van der Waals surface area (Å²) in [6.45, 7) is 0. The minimum atomic E-state index is -0.555. The zero-order valence-electron chi connectivity index (χ0n) is 13.9. The molecule has 1 aromatic heterocycles. The van der Waals surface area contributed by atoms with Crippen LogP contribution in [0.15, 0.2) is 42.7 Å². The number of hydrogen-bond acceptors (Lipinski definition) is 4. The van der Waals surface area contributed by atoms with Gasteiger partial charge in [0.05, 0.1) is 19.6 Å². The molecule has 0 saturated carbocycles. The van der Waals surface area contributed by atoms with Crippen molar-refractivity contribution >= 4 is 11.9 Å². The summed E-state index contributed by atoms with van der Waals surface area (Å²) >= 11 is 0. The number of aromatic nitrogens is 1. The van der Waals surface area contributed by atoms with Gasteiger partial charge in [-0.15, -0.1) is 0 Å². The molecule has 0 spiro atoms. The Morgan fingerprint density at radius 3 is 2.71 bits per heavy atom. The average molecular weight is 325 g/mol. The SMILES string of the molecule is COc1cccc2c1C(c1cccnc1)N(C(=O)N(C)C)C(=O)C2. The van der Waals surface area contributed by atoms with E-state index in [0.29, 0.717) is 5.75 Å². The molecule has 24 heavy (non-hydrogen) atoms. The Kier molecular flexibility index (Phi) is 4.20. The molecule has 0 aliphatic carbocycles. The first-order valence-corrected chi connectivity index (χ1v) is 7.63. The zero-order valence-corrected chi connectivity index (χ0v) is 13.9. The summed E-state index contributed by atoms with van der Waals surface area (Å²) in [5, 5.41) is 0. The summed E-state index contributed by atoms with van der Waals surface area (Å²) in [6, 6.07) is 8.35. The number of carbonyl (C=O) groups is 2. The molecule has 124 valence electrons. The van der Waals surface area contributed by atoms with Crippen molar-refractivity contribution in [3.63, 3.8) is 0 Å². The van der Waals surface area contributed by atoms with Crippen LogP contribution < -0.4 is 4.74 Å². The van der Waals surface area contributed by atoms with E-state index in [-0.39, 0.29) is 18.4 Å². The second-order valence-electron chi connectivity index (χ2n) is 5.84. The summed E-state index contributed by atoms with van der Waals surface area (Å²) in [4.78, 5) is 32.2. The van der Waals surface area contributed by atoms with Gasteiger partial charge in [-0.25, -0.2) is 4.79 Å². The quantitative estimate of drug-likeness (QED) is 0.849. The summed E-state index contributed by atoms with van der Waals surface area (Å²) < 4.78 is 5.50. The van der Waals surface area contributed by atoms with Gasteiger partial charge < -0.3 is 9.64 Å². The molecule has 3 amide bonds. The molecule has 1 atom stereocenters. The molecular weight excluding hydrogens is 306 g/mol. The topological polar surface area (TPSA) is 62.7 Å². The van der Waals surface area contributed by atoms with Crippen LogP contribution in [-0.4, -0.2) is 47.9 Å². The van der Waals surface area contributed by atoms with Crippen molar-refractivity contribution in [3.05, 3.63) is 59.4 Å². The van der Waals surface area contributed by atoms with Crippen LogP contribution in [0, 0.1) is 0 Å². The minimum absolute atomic E-state index is 0.170. The lowest BCUT2D eigenvalue weighted by atomic mass is 9.87. The van der Waals surface area contributed by atoms with Gasteiger partial charge in [-0.1, -0.05) is 18.2 Å². The number of rotatable bonds is 2. The van der Waals surface area contributed by atoms with Crippen molar-refractivity contribution in [2.45, 2.75) is 12.5 Å². The van der Waals surface area contributed by atoms with Crippen molar-refractivity contribution in [1.82, 2.24) is 14.8 Å². The van der Waals surface area contributed by atoms with Crippen LogP contribution in [-0.2, 0) is 11.2 Å². The van der Waals surface area contributed by atoms with Gasteiger partial charge in [0.2, 0.25) is 5.91 Å². The van der Waals surface area contributed by atoms with Crippen molar-refractivity contribution < 1.29 is 14.3 Å². The predicted molar refractivity (Wildman–Crippen MR) is 88.7 cm³/mol. The largest absolute Gasteiger partial charge is 0.496 e. The number of fused-ring (bicyclic) bond motifs is 1. The number of carbonyl (C=O) groups excluding carboxylic acids is 2. The Labute approximate surface area is 140 Å². The zero-order chi connectivity index (χ0) is 17.3. The third-order valence-corrected chi connectivity index (χ3v) is 4.11. The number of amides is 3. The second-order valence-corrected chi connectivity index (χ2v) is 5.84. The molecule has 6 nitrogen and oxygen atoms in total. The van der Waals surface area contributed by atoms with E-state index in [1.165, 1.54) is 9.80 Å². The van der Waals surface area contributed by atoms with Crippen molar-refractivity contribution in [3.8, 4) is 5.75 Å². The highest BCUT2D eigenvalue weighted by Gasteiger charge is 2.40. The maximum absolute atomic E-state index is 12.7. The number of benzene rings is 1. The van der Waals surface area contributed by atoms with Gasteiger partial charge in [-0.2, -0.15) is 0 Å². The predicted octanol–water partition coefficient (Wildman–Crippen LogP) is 2.25. The Hall–Kier alpha value is -2.89. The minimum Gasteiger partial charge on any atom is -0.496 e. The summed E-state index contributed by atoms with van der Waals surface area (Å²) in [5.41, 5.74) is 2.48. The monoisotopic (exact) mass is 325 g/mol. The van der Waals surface area contributed by atoms with Crippen LogP contribution in [0.25, 0.3) is 0 Å². The van der Waals surface area contributed by atoms with E-state index in [0.717, 1.165) is 16.7 Å². The summed E-state index contributed by atoms with van der Waals surface area (Å²) in [7, 11) is 4.85. The van der Waals surface area contributed by atoms with Crippen molar-refractivity contribution in [2.75, 3.05) is 21.2 Å². The molecule has 0 N–H and O–H groups in total. The first-order chi connectivity index (χ1) is 11.5. The fraction of sp³-hybridized carbons (Fsp3) is 0.278. The molecule has 0 fully saturated rings. The lowest BCUT2D eigenvalue weighted by Gasteiger charge is -2.37. The Morgan fingerprint density at radius 2 is 2.08 bits per heavy atom. The molecule has 1 aliphatic heterocycles. The Balaban J connectivity index is 2.24. The highest BCUT2D eigenvalue weighted by atomic mass is 16.5. The summed E-state index contributed by atoms with van der Waals surface area (Å²) in [6.07, 6.45) is 3.51. The molecule has 0 saturated heterocycles. The van der Waals surface area contributed by atoms with Crippen LogP contribution in [0.5, 0.6) is 5.75 Å². The van der Waals surface area contributed by atoms with E-state index >= 15 is 0 Å². The highest BCUT2D eigenvalue weighted by molar-refractivity contribution is 5.98. The standard InChI is InChI=1S/C18H19N3O3/c1-20(2)18(23)21-15(22)10-12-6-4-8-14(24-3)16(12)17(21)13-7-5-9-19-11-13/h4-9,11,17H,10H2,1-3H3. The molecule has 2 aromatic rings. The molecular formula is C18H19N3O3. The van der Waals surface area contributed by atoms with Gasteiger partial charge >= 0.3 is 6.03 Å². The maximum atomic E-state index is 12.7. The molecule has 1 unspecified atom stereocenters. The molecule has 3 rings (SSSR count).